The zero-order valence-electron chi connectivity index (χ0n) is 13.0. The Labute approximate surface area is 133 Å². The number of ether oxygens (including phenoxy) is 1. The number of carbonyl (C=O) groups is 3. The topological polar surface area (TPSA) is 97.6 Å². The number of aryl methyl sites for hydroxylation is 1. The molecule has 122 valence electrons. The number of hydrogen-bond donors (Lipinski definition) is 2. The largest absolute Gasteiger partial charge is 0.468 e. The second-order valence-electron chi connectivity index (χ2n) is 4.87. The summed E-state index contributed by atoms with van der Waals surface area (Å²) in [5.74, 6) is -1.45. The molecule has 7 nitrogen and oxygen atoms in total. The van der Waals surface area contributed by atoms with Crippen molar-refractivity contribution in [1.82, 2.24) is 10.6 Å². The van der Waals surface area contributed by atoms with Crippen LogP contribution in [0.2, 0.25) is 0 Å². The van der Waals surface area contributed by atoms with E-state index in [0.29, 0.717) is 16.5 Å². The first-order valence-corrected chi connectivity index (χ1v) is 7.17. The summed E-state index contributed by atoms with van der Waals surface area (Å²) >= 11 is 0. The lowest BCUT2D eigenvalue weighted by Gasteiger charge is -2.05. The lowest BCUT2D eigenvalue weighted by molar-refractivity contribution is -0.141. The lowest BCUT2D eigenvalue weighted by Crippen LogP contribution is -2.39. The number of rotatable bonds is 6. The summed E-state index contributed by atoms with van der Waals surface area (Å²) < 4.78 is 9.75. The molecule has 1 aromatic carbocycles. The molecule has 0 saturated carbocycles. The SMILES string of the molecule is CCc1ccc2occ(C(=O)NCC(=O)NCC(=O)OC)c2c1. The van der Waals surface area contributed by atoms with E-state index >= 15 is 0 Å². The van der Waals surface area contributed by atoms with E-state index in [1.54, 1.807) is 0 Å². The van der Waals surface area contributed by atoms with E-state index in [1.807, 2.05) is 25.1 Å². The molecule has 0 aliphatic rings. The molecule has 7 heteroatoms. The highest BCUT2D eigenvalue weighted by Gasteiger charge is 2.15. The Balaban J connectivity index is 1.98. The molecule has 0 aliphatic heterocycles. The van der Waals surface area contributed by atoms with Crippen LogP contribution in [0, 0.1) is 0 Å². The van der Waals surface area contributed by atoms with Gasteiger partial charge in [0.1, 0.15) is 18.4 Å². The van der Waals surface area contributed by atoms with E-state index in [0.717, 1.165) is 12.0 Å². The van der Waals surface area contributed by atoms with Crippen LogP contribution in [-0.4, -0.2) is 38.0 Å². The van der Waals surface area contributed by atoms with Crippen LogP contribution >= 0.6 is 0 Å². The monoisotopic (exact) mass is 318 g/mol. The smallest absolute Gasteiger partial charge is 0.325 e. The molecule has 0 fully saturated rings. The van der Waals surface area contributed by atoms with Crippen LogP contribution in [0.5, 0.6) is 0 Å². The van der Waals surface area contributed by atoms with Crippen molar-refractivity contribution in [3.05, 3.63) is 35.6 Å². The number of benzene rings is 1. The number of fused-ring (bicyclic) bond motifs is 1. The molecule has 0 bridgehead atoms. The summed E-state index contributed by atoms with van der Waals surface area (Å²) in [4.78, 5) is 34.6. The molecule has 0 unspecified atom stereocenters. The molecular weight excluding hydrogens is 300 g/mol. The van der Waals surface area contributed by atoms with Crippen molar-refractivity contribution in [2.75, 3.05) is 20.2 Å². The van der Waals surface area contributed by atoms with Gasteiger partial charge in [0, 0.05) is 5.39 Å². The van der Waals surface area contributed by atoms with Gasteiger partial charge in [0.25, 0.3) is 5.91 Å². The van der Waals surface area contributed by atoms with Gasteiger partial charge < -0.3 is 19.8 Å². The molecule has 1 aromatic heterocycles. The molecule has 0 spiro atoms. The van der Waals surface area contributed by atoms with Gasteiger partial charge in [-0.1, -0.05) is 13.0 Å². The number of furan rings is 1. The Kier molecular flexibility index (Phi) is 5.35. The summed E-state index contributed by atoms with van der Waals surface area (Å²) in [5.41, 5.74) is 2.07. The number of methoxy groups -OCH3 is 1. The van der Waals surface area contributed by atoms with Crippen LogP contribution < -0.4 is 10.6 Å². The van der Waals surface area contributed by atoms with Crippen LogP contribution in [0.25, 0.3) is 11.0 Å². The highest BCUT2D eigenvalue weighted by Crippen LogP contribution is 2.22. The Hall–Kier alpha value is -2.83. The molecular formula is C16H18N2O5. The molecule has 0 atom stereocenters. The highest BCUT2D eigenvalue weighted by atomic mass is 16.5. The molecule has 23 heavy (non-hydrogen) atoms. The van der Waals surface area contributed by atoms with Crippen molar-refractivity contribution in [1.29, 1.82) is 0 Å². The summed E-state index contributed by atoms with van der Waals surface area (Å²) in [7, 11) is 1.23. The maximum atomic E-state index is 12.2. The van der Waals surface area contributed by atoms with Gasteiger partial charge in [-0.2, -0.15) is 0 Å². The quantitative estimate of drug-likeness (QED) is 0.775. The minimum Gasteiger partial charge on any atom is -0.468 e. The van der Waals surface area contributed by atoms with Crippen LogP contribution in [0.4, 0.5) is 0 Å². The highest BCUT2D eigenvalue weighted by molar-refractivity contribution is 6.07. The van der Waals surface area contributed by atoms with E-state index in [2.05, 4.69) is 15.4 Å². The fourth-order valence-corrected chi connectivity index (χ4v) is 2.03. The van der Waals surface area contributed by atoms with Gasteiger partial charge in [-0.25, -0.2) is 0 Å². The maximum absolute atomic E-state index is 12.2. The standard InChI is InChI=1S/C16H18N2O5/c1-3-10-4-5-13-11(6-10)12(9-23-13)16(21)18-7-14(19)17-8-15(20)22-2/h4-6,9H,3,7-8H2,1-2H3,(H,17,19)(H,18,21). The second-order valence-corrected chi connectivity index (χ2v) is 4.87. The van der Waals surface area contributed by atoms with Gasteiger partial charge >= 0.3 is 5.97 Å². The van der Waals surface area contributed by atoms with Crippen molar-refractivity contribution in [2.24, 2.45) is 0 Å². The van der Waals surface area contributed by atoms with Gasteiger partial charge in [-0.15, -0.1) is 0 Å². The molecule has 0 saturated heterocycles. The number of hydrogen-bond acceptors (Lipinski definition) is 5. The zero-order valence-corrected chi connectivity index (χ0v) is 13.0. The van der Waals surface area contributed by atoms with Crippen molar-refractivity contribution < 1.29 is 23.5 Å². The van der Waals surface area contributed by atoms with E-state index in [1.165, 1.54) is 13.4 Å². The molecule has 0 aliphatic carbocycles. The van der Waals surface area contributed by atoms with Crippen molar-refractivity contribution in [3.63, 3.8) is 0 Å². The van der Waals surface area contributed by atoms with Gasteiger partial charge in [0.05, 0.1) is 19.2 Å². The lowest BCUT2D eigenvalue weighted by atomic mass is 10.1. The van der Waals surface area contributed by atoms with E-state index in [-0.39, 0.29) is 13.1 Å². The van der Waals surface area contributed by atoms with E-state index in [9.17, 15) is 14.4 Å². The normalized spacial score (nSPS) is 10.3. The maximum Gasteiger partial charge on any atom is 0.325 e. The van der Waals surface area contributed by atoms with Crippen LogP contribution in [-0.2, 0) is 20.7 Å². The second kappa shape index (κ2) is 7.44. The first-order chi connectivity index (χ1) is 11.0. The van der Waals surface area contributed by atoms with Gasteiger partial charge in [0.2, 0.25) is 5.91 Å². The molecule has 2 aromatic rings. The van der Waals surface area contributed by atoms with E-state index < -0.39 is 17.8 Å². The Morgan fingerprint density at radius 2 is 1.96 bits per heavy atom. The average molecular weight is 318 g/mol. The fourth-order valence-electron chi connectivity index (χ4n) is 2.03. The van der Waals surface area contributed by atoms with Gasteiger partial charge in [0.15, 0.2) is 0 Å². The average Bonchev–Trinajstić information content (AvgIpc) is 3.00. The van der Waals surface area contributed by atoms with Crippen LogP contribution in [0.3, 0.4) is 0 Å². The first kappa shape index (κ1) is 16.5. The number of carbonyl (C=O) groups excluding carboxylic acids is 3. The van der Waals surface area contributed by atoms with Crippen LogP contribution in [0.15, 0.2) is 28.9 Å². The minimum absolute atomic E-state index is 0.236. The Morgan fingerprint density at radius 1 is 1.17 bits per heavy atom. The summed E-state index contributed by atoms with van der Waals surface area (Å²) in [5, 5.41) is 5.54. The predicted octanol–water partition coefficient (Wildman–Crippen LogP) is 1.01. The molecule has 2 N–H and O–H groups in total. The predicted molar refractivity (Wildman–Crippen MR) is 83.0 cm³/mol. The summed E-state index contributed by atoms with van der Waals surface area (Å²) in [6.45, 7) is 1.54. The number of esters is 1. The fraction of sp³-hybridized carbons (Fsp3) is 0.312. The Morgan fingerprint density at radius 3 is 2.65 bits per heavy atom. The third-order valence-corrected chi connectivity index (χ3v) is 3.36. The number of amides is 2. The summed E-state index contributed by atoms with van der Waals surface area (Å²) in [6, 6.07) is 5.65. The molecule has 2 amide bonds. The third kappa shape index (κ3) is 4.09. The molecule has 0 radical (unpaired) electrons. The van der Waals surface area contributed by atoms with Crippen molar-refractivity contribution >= 4 is 28.8 Å². The zero-order chi connectivity index (χ0) is 16.8. The summed E-state index contributed by atoms with van der Waals surface area (Å²) in [6.07, 6.45) is 2.21. The van der Waals surface area contributed by atoms with Gasteiger partial charge in [-0.3, -0.25) is 14.4 Å². The third-order valence-electron chi connectivity index (χ3n) is 3.36. The van der Waals surface area contributed by atoms with Crippen molar-refractivity contribution in [2.45, 2.75) is 13.3 Å². The minimum atomic E-state index is -0.558. The Bertz CT molecular complexity index is 735. The van der Waals surface area contributed by atoms with Crippen LogP contribution in [0.1, 0.15) is 22.8 Å². The van der Waals surface area contributed by atoms with E-state index in [4.69, 9.17) is 4.42 Å². The number of nitrogens with one attached hydrogen (secondary N) is 2. The molecule has 2 rings (SSSR count). The van der Waals surface area contributed by atoms with Crippen molar-refractivity contribution in [3.8, 4) is 0 Å². The van der Waals surface area contributed by atoms with Gasteiger partial charge in [-0.05, 0) is 24.1 Å². The molecule has 1 heterocycles. The first-order valence-electron chi connectivity index (χ1n) is 7.17.